The van der Waals surface area contributed by atoms with Gasteiger partial charge in [-0.25, -0.2) is 0 Å². The highest BCUT2D eigenvalue weighted by Gasteiger charge is 2.27. The normalized spacial score (nSPS) is 17.4. The fourth-order valence-electron chi connectivity index (χ4n) is 6.75. The van der Waals surface area contributed by atoms with E-state index in [-0.39, 0.29) is 17.4 Å². The summed E-state index contributed by atoms with van der Waals surface area (Å²) in [5.74, 6) is 0.988. The van der Waals surface area contributed by atoms with Gasteiger partial charge in [0.25, 0.3) is 0 Å². The summed E-state index contributed by atoms with van der Waals surface area (Å²) in [6, 6.07) is 13.5. The van der Waals surface area contributed by atoms with Crippen LogP contribution in [-0.2, 0) is 0 Å². The molecule has 0 unspecified atom stereocenters. The molecule has 0 aliphatic heterocycles. The van der Waals surface area contributed by atoms with Gasteiger partial charge in [0.1, 0.15) is 11.5 Å². The maximum Gasteiger partial charge on any atom is 0.157 e. The lowest BCUT2D eigenvalue weighted by Crippen LogP contribution is -2.11. The molecule has 2 saturated carbocycles. The van der Waals surface area contributed by atoms with E-state index in [0.29, 0.717) is 23.3 Å². The lowest BCUT2D eigenvalue weighted by molar-refractivity contribution is 0.403. The van der Waals surface area contributed by atoms with Crippen molar-refractivity contribution in [3.63, 3.8) is 0 Å². The van der Waals surface area contributed by atoms with Gasteiger partial charge in [0.2, 0.25) is 0 Å². The number of phenols is 4. The number of aryl methyl sites for hydroxylation is 2. The van der Waals surface area contributed by atoms with Crippen LogP contribution in [0.1, 0.15) is 121 Å². The van der Waals surface area contributed by atoms with Crippen molar-refractivity contribution in [1.29, 1.82) is 0 Å². The van der Waals surface area contributed by atoms with Gasteiger partial charge in [0, 0.05) is 5.92 Å². The fraction of sp³-hybridized carbons (Fsp3) is 0.455. The van der Waals surface area contributed by atoms with Gasteiger partial charge in [-0.2, -0.15) is 0 Å². The molecule has 2 aliphatic rings. The minimum atomic E-state index is -0.213. The molecule has 0 radical (unpaired) electrons. The fourth-order valence-corrected chi connectivity index (χ4v) is 6.75. The van der Waals surface area contributed by atoms with E-state index < -0.39 is 0 Å². The molecule has 0 atom stereocenters. The average Bonchev–Trinajstić information content (AvgIpc) is 2.91. The van der Waals surface area contributed by atoms with E-state index >= 15 is 0 Å². The minimum Gasteiger partial charge on any atom is -0.507 e. The van der Waals surface area contributed by atoms with Crippen LogP contribution in [0, 0.1) is 13.8 Å². The third-order valence-corrected chi connectivity index (χ3v) is 8.79. The van der Waals surface area contributed by atoms with Crippen LogP contribution in [0.3, 0.4) is 0 Å². The Hall–Kier alpha value is -3.14. The maximum atomic E-state index is 11.1. The molecule has 196 valence electrons. The number of hydrogen-bond donors (Lipinski definition) is 4. The van der Waals surface area contributed by atoms with Gasteiger partial charge in [0.15, 0.2) is 11.5 Å². The molecule has 2 fully saturated rings. The number of phenolic OH excluding ortho intramolecular Hbond substituents is 4. The second-order valence-electron chi connectivity index (χ2n) is 11.4. The van der Waals surface area contributed by atoms with Gasteiger partial charge in [-0.3, -0.25) is 0 Å². The molecule has 3 aromatic carbocycles. The molecule has 0 saturated heterocycles. The first-order chi connectivity index (χ1) is 17.8. The monoisotopic (exact) mass is 500 g/mol. The van der Waals surface area contributed by atoms with E-state index in [2.05, 4.69) is 24.3 Å². The summed E-state index contributed by atoms with van der Waals surface area (Å²) >= 11 is 0. The first kappa shape index (κ1) is 25.5. The molecule has 0 spiro atoms. The molecule has 0 heterocycles. The molecule has 37 heavy (non-hydrogen) atoms. The van der Waals surface area contributed by atoms with Crippen molar-refractivity contribution in [3.8, 4) is 23.0 Å². The summed E-state index contributed by atoms with van der Waals surface area (Å²) in [6.07, 6.45) is 11.6. The van der Waals surface area contributed by atoms with Crippen LogP contribution in [-0.4, -0.2) is 20.4 Å². The highest BCUT2D eigenvalue weighted by atomic mass is 16.3. The Morgan fingerprint density at radius 2 is 1.00 bits per heavy atom. The number of benzene rings is 3. The average molecular weight is 501 g/mol. The van der Waals surface area contributed by atoms with Crippen molar-refractivity contribution in [3.05, 3.63) is 81.4 Å². The van der Waals surface area contributed by atoms with Crippen molar-refractivity contribution in [2.45, 2.75) is 95.8 Å². The van der Waals surface area contributed by atoms with Crippen molar-refractivity contribution >= 4 is 0 Å². The zero-order valence-electron chi connectivity index (χ0n) is 22.1. The lowest BCUT2D eigenvalue weighted by Gasteiger charge is -2.28. The first-order valence-corrected chi connectivity index (χ1v) is 14.0. The molecule has 5 rings (SSSR count). The van der Waals surface area contributed by atoms with Crippen LogP contribution in [0.25, 0.3) is 0 Å². The Bertz CT molecular complexity index is 1190. The number of rotatable bonds is 5. The summed E-state index contributed by atoms with van der Waals surface area (Å²) in [6.45, 7) is 3.93. The Labute approximate surface area is 220 Å². The van der Waals surface area contributed by atoms with Gasteiger partial charge >= 0.3 is 0 Å². The quantitative estimate of drug-likeness (QED) is 0.209. The first-order valence-electron chi connectivity index (χ1n) is 14.0. The van der Waals surface area contributed by atoms with E-state index in [1.165, 1.54) is 38.5 Å². The molecule has 0 aromatic heterocycles. The standard InChI is InChI=1S/C33H40O4/c1-20-15-25(17-27(32(20)36)22-9-5-3-6-10-22)31(24-13-14-29(34)30(35)19-24)26-16-21(2)33(37)28(18-26)23-11-7-4-8-12-23/h13-19,22-23,31,34-37H,3-12H2,1-2H3. The summed E-state index contributed by atoms with van der Waals surface area (Å²) < 4.78 is 0. The second kappa shape index (κ2) is 10.7. The second-order valence-corrected chi connectivity index (χ2v) is 11.4. The van der Waals surface area contributed by atoms with Crippen molar-refractivity contribution in [2.24, 2.45) is 0 Å². The molecule has 3 aromatic rings. The zero-order chi connectivity index (χ0) is 26.1. The maximum absolute atomic E-state index is 11.1. The zero-order valence-corrected chi connectivity index (χ0v) is 22.1. The Morgan fingerprint density at radius 3 is 1.43 bits per heavy atom. The highest BCUT2D eigenvalue weighted by Crippen LogP contribution is 2.46. The van der Waals surface area contributed by atoms with Gasteiger partial charge in [-0.15, -0.1) is 0 Å². The van der Waals surface area contributed by atoms with E-state index in [4.69, 9.17) is 0 Å². The Balaban J connectivity index is 1.68. The minimum absolute atomic E-state index is 0.142. The van der Waals surface area contributed by atoms with Gasteiger partial charge < -0.3 is 20.4 Å². The SMILES string of the molecule is Cc1cc(C(c2ccc(O)c(O)c2)c2cc(C)c(O)c(C3CCCCC3)c2)cc(C2CCCCC2)c1O. The van der Waals surface area contributed by atoms with E-state index in [1.54, 1.807) is 12.1 Å². The highest BCUT2D eigenvalue weighted by molar-refractivity contribution is 5.56. The van der Waals surface area contributed by atoms with Gasteiger partial charge in [0.05, 0.1) is 0 Å². The number of hydrogen-bond acceptors (Lipinski definition) is 4. The Morgan fingerprint density at radius 1 is 0.541 bits per heavy atom. The lowest BCUT2D eigenvalue weighted by atomic mass is 9.77. The topological polar surface area (TPSA) is 80.9 Å². The van der Waals surface area contributed by atoms with Crippen LogP contribution < -0.4 is 0 Å². The molecule has 4 heteroatoms. The Kier molecular flexibility index (Phi) is 7.37. The molecule has 0 bridgehead atoms. The summed E-state index contributed by atoms with van der Waals surface area (Å²) in [4.78, 5) is 0. The third-order valence-electron chi connectivity index (χ3n) is 8.79. The summed E-state index contributed by atoms with van der Waals surface area (Å²) in [7, 11) is 0. The van der Waals surface area contributed by atoms with E-state index in [0.717, 1.165) is 64.6 Å². The predicted molar refractivity (Wildman–Crippen MR) is 148 cm³/mol. The smallest absolute Gasteiger partial charge is 0.157 e. The van der Waals surface area contributed by atoms with Crippen LogP contribution in [0.15, 0.2) is 42.5 Å². The predicted octanol–water partition coefficient (Wildman–Crippen LogP) is 8.40. The molecular weight excluding hydrogens is 460 g/mol. The molecule has 2 aliphatic carbocycles. The van der Waals surface area contributed by atoms with Crippen molar-refractivity contribution in [1.82, 2.24) is 0 Å². The van der Waals surface area contributed by atoms with Crippen LogP contribution in [0.2, 0.25) is 0 Å². The summed E-state index contributed by atoms with van der Waals surface area (Å²) in [5.41, 5.74) is 6.73. The molecule has 4 N–H and O–H groups in total. The summed E-state index contributed by atoms with van der Waals surface area (Å²) in [5, 5.41) is 42.6. The van der Waals surface area contributed by atoms with Crippen LogP contribution in [0.4, 0.5) is 0 Å². The van der Waals surface area contributed by atoms with Crippen molar-refractivity contribution < 1.29 is 20.4 Å². The van der Waals surface area contributed by atoms with E-state index in [9.17, 15) is 20.4 Å². The van der Waals surface area contributed by atoms with Gasteiger partial charge in [-0.1, -0.05) is 68.9 Å². The van der Waals surface area contributed by atoms with E-state index in [1.807, 2.05) is 19.9 Å². The van der Waals surface area contributed by atoms with Crippen LogP contribution >= 0.6 is 0 Å². The van der Waals surface area contributed by atoms with Crippen LogP contribution in [0.5, 0.6) is 23.0 Å². The van der Waals surface area contributed by atoms with Crippen molar-refractivity contribution in [2.75, 3.05) is 0 Å². The number of aromatic hydroxyl groups is 4. The van der Waals surface area contributed by atoms with Gasteiger partial charge in [-0.05, 0) is 102 Å². The third kappa shape index (κ3) is 5.16. The molecule has 4 nitrogen and oxygen atoms in total. The molecule has 0 amide bonds. The largest absolute Gasteiger partial charge is 0.507 e. The molecular formula is C33H40O4.